The molecule has 0 saturated heterocycles. The van der Waals surface area contributed by atoms with E-state index in [4.69, 9.17) is 16.3 Å². The van der Waals surface area contributed by atoms with Gasteiger partial charge in [-0.1, -0.05) is 25.4 Å². The van der Waals surface area contributed by atoms with Gasteiger partial charge >= 0.3 is 0 Å². The van der Waals surface area contributed by atoms with Crippen LogP contribution in [0.5, 0.6) is 5.75 Å². The zero-order valence-corrected chi connectivity index (χ0v) is 18.2. The zero-order chi connectivity index (χ0) is 20.8. The molecule has 5 rings (SSSR count). The van der Waals surface area contributed by atoms with Crippen molar-refractivity contribution in [1.82, 2.24) is 5.32 Å². The fraction of sp³-hybridized carbons (Fsp3) is 0.652. The lowest BCUT2D eigenvalue weighted by atomic mass is 9.49. The van der Waals surface area contributed by atoms with E-state index in [1.54, 1.807) is 25.3 Å². The molecule has 4 bridgehead atoms. The second-order valence-electron chi connectivity index (χ2n) is 9.73. The molecule has 0 heterocycles. The summed E-state index contributed by atoms with van der Waals surface area (Å²) in [5.74, 6) is 2.50. The average Bonchev–Trinajstić information content (AvgIpc) is 2.64. The zero-order valence-electron chi connectivity index (χ0n) is 17.5. The minimum Gasteiger partial charge on any atom is -0.495 e. The van der Waals surface area contributed by atoms with Crippen molar-refractivity contribution in [3.8, 4) is 5.75 Å². The molecule has 1 aromatic rings. The first-order valence-corrected chi connectivity index (χ1v) is 11.1. The van der Waals surface area contributed by atoms with Gasteiger partial charge in [-0.2, -0.15) is 0 Å². The van der Waals surface area contributed by atoms with E-state index in [0.717, 1.165) is 19.3 Å². The molecule has 2 N–H and O–H groups in total. The van der Waals surface area contributed by atoms with E-state index in [-0.39, 0.29) is 23.1 Å². The standard InChI is InChI=1S/C23H31ClN2O3/c1-13(2)20(21(27)25-17-4-5-19(29-3)18(24)9-17)26-22(28)23-10-14-6-15(11-23)8-16(7-14)12-23/h4-5,9,13-16,20H,6-8,10-12H2,1-3H3,(H,25,27)(H,26,28). The Morgan fingerprint density at radius 2 is 1.69 bits per heavy atom. The highest BCUT2D eigenvalue weighted by Gasteiger charge is 2.55. The van der Waals surface area contributed by atoms with E-state index in [0.29, 0.717) is 34.2 Å². The molecule has 1 aromatic carbocycles. The monoisotopic (exact) mass is 418 g/mol. The van der Waals surface area contributed by atoms with Crippen molar-refractivity contribution in [3.63, 3.8) is 0 Å². The number of nitrogens with one attached hydrogen (secondary N) is 2. The molecule has 4 fully saturated rings. The number of rotatable bonds is 6. The summed E-state index contributed by atoms with van der Waals surface area (Å²) in [5.41, 5.74) is 0.335. The van der Waals surface area contributed by atoms with E-state index >= 15 is 0 Å². The van der Waals surface area contributed by atoms with E-state index in [1.807, 2.05) is 13.8 Å². The van der Waals surface area contributed by atoms with E-state index < -0.39 is 6.04 Å². The molecule has 29 heavy (non-hydrogen) atoms. The Bertz CT molecular complexity index is 772. The number of ether oxygens (including phenoxy) is 1. The van der Waals surface area contributed by atoms with Crippen molar-refractivity contribution in [2.45, 2.75) is 58.4 Å². The summed E-state index contributed by atoms with van der Waals surface area (Å²) >= 11 is 6.17. The molecule has 0 aliphatic heterocycles. The van der Waals surface area contributed by atoms with Crippen LogP contribution in [0.15, 0.2) is 18.2 Å². The fourth-order valence-corrected chi connectivity index (χ4v) is 6.44. The minimum absolute atomic E-state index is 0.0124. The Hall–Kier alpha value is -1.75. The van der Waals surface area contributed by atoms with Crippen LogP contribution in [0.4, 0.5) is 5.69 Å². The van der Waals surface area contributed by atoms with Crippen LogP contribution in [0.3, 0.4) is 0 Å². The van der Waals surface area contributed by atoms with E-state index in [9.17, 15) is 9.59 Å². The summed E-state index contributed by atoms with van der Waals surface area (Å²) in [6.07, 6.45) is 6.85. The number of methoxy groups -OCH3 is 1. The van der Waals surface area contributed by atoms with Gasteiger partial charge < -0.3 is 15.4 Å². The Morgan fingerprint density at radius 1 is 1.10 bits per heavy atom. The average molecular weight is 419 g/mol. The van der Waals surface area contributed by atoms with Gasteiger partial charge in [0.1, 0.15) is 11.8 Å². The lowest BCUT2D eigenvalue weighted by molar-refractivity contribution is -0.148. The molecule has 4 saturated carbocycles. The van der Waals surface area contributed by atoms with Gasteiger partial charge in [0.25, 0.3) is 0 Å². The summed E-state index contributed by atoms with van der Waals surface area (Å²) in [4.78, 5) is 26.4. The topological polar surface area (TPSA) is 67.4 Å². The molecule has 5 nitrogen and oxygen atoms in total. The molecule has 158 valence electrons. The first kappa shape index (κ1) is 20.5. The summed E-state index contributed by atoms with van der Waals surface area (Å²) < 4.78 is 5.16. The lowest BCUT2D eigenvalue weighted by Crippen LogP contribution is -2.57. The van der Waals surface area contributed by atoms with Gasteiger partial charge in [0.05, 0.1) is 12.1 Å². The smallest absolute Gasteiger partial charge is 0.247 e. The first-order chi connectivity index (χ1) is 13.8. The maximum atomic E-state index is 13.4. The highest BCUT2D eigenvalue weighted by Crippen LogP contribution is 2.60. The highest BCUT2D eigenvalue weighted by atomic mass is 35.5. The Morgan fingerprint density at radius 3 is 2.17 bits per heavy atom. The van der Waals surface area contributed by atoms with Crippen LogP contribution in [0.2, 0.25) is 5.02 Å². The van der Waals surface area contributed by atoms with Crippen molar-refractivity contribution < 1.29 is 14.3 Å². The number of carbonyl (C=O) groups excluding carboxylic acids is 2. The third-order valence-corrected chi connectivity index (χ3v) is 7.47. The Labute approximate surface area is 177 Å². The molecule has 1 unspecified atom stereocenters. The summed E-state index contributed by atoms with van der Waals surface area (Å²) in [5, 5.41) is 6.46. The minimum atomic E-state index is -0.573. The Kier molecular flexibility index (Phi) is 5.54. The van der Waals surface area contributed by atoms with Crippen molar-refractivity contribution in [2.75, 3.05) is 12.4 Å². The largest absolute Gasteiger partial charge is 0.495 e. The normalized spacial score (nSPS) is 30.9. The lowest BCUT2D eigenvalue weighted by Gasteiger charge is -2.55. The number of anilines is 1. The highest BCUT2D eigenvalue weighted by molar-refractivity contribution is 6.32. The fourth-order valence-electron chi connectivity index (χ4n) is 6.18. The van der Waals surface area contributed by atoms with Crippen molar-refractivity contribution in [2.24, 2.45) is 29.1 Å². The molecule has 0 spiro atoms. The van der Waals surface area contributed by atoms with Crippen LogP contribution in [-0.4, -0.2) is 25.0 Å². The number of carbonyl (C=O) groups is 2. The summed E-state index contributed by atoms with van der Waals surface area (Å²) in [7, 11) is 1.55. The maximum absolute atomic E-state index is 13.4. The van der Waals surface area contributed by atoms with Crippen LogP contribution >= 0.6 is 11.6 Å². The van der Waals surface area contributed by atoms with Crippen LogP contribution in [0.25, 0.3) is 0 Å². The quantitative estimate of drug-likeness (QED) is 0.706. The number of halogens is 1. The third-order valence-electron chi connectivity index (χ3n) is 7.17. The van der Waals surface area contributed by atoms with E-state index in [2.05, 4.69) is 10.6 Å². The molecule has 1 atom stereocenters. The number of benzene rings is 1. The van der Waals surface area contributed by atoms with Crippen LogP contribution in [-0.2, 0) is 9.59 Å². The molecule has 4 aliphatic rings. The second-order valence-corrected chi connectivity index (χ2v) is 10.1. The van der Waals surface area contributed by atoms with Gasteiger partial charge in [-0.25, -0.2) is 0 Å². The van der Waals surface area contributed by atoms with E-state index in [1.165, 1.54) is 19.3 Å². The van der Waals surface area contributed by atoms with Crippen LogP contribution in [0.1, 0.15) is 52.4 Å². The van der Waals surface area contributed by atoms with Crippen LogP contribution in [0, 0.1) is 29.1 Å². The molecule has 0 aromatic heterocycles. The van der Waals surface area contributed by atoms with Gasteiger partial charge in [-0.15, -0.1) is 0 Å². The predicted octanol–water partition coefficient (Wildman–Crippen LogP) is 4.64. The summed E-state index contributed by atoms with van der Waals surface area (Å²) in [6, 6.07) is 4.56. The first-order valence-electron chi connectivity index (χ1n) is 10.7. The molecular formula is C23H31ClN2O3. The maximum Gasteiger partial charge on any atom is 0.247 e. The van der Waals surface area contributed by atoms with Gasteiger partial charge in [0.2, 0.25) is 11.8 Å². The predicted molar refractivity (Wildman–Crippen MR) is 114 cm³/mol. The van der Waals surface area contributed by atoms with Crippen LogP contribution < -0.4 is 15.4 Å². The molecular weight excluding hydrogens is 388 g/mol. The van der Waals surface area contributed by atoms with Gasteiger partial charge in [-0.3, -0.25) is 9.59 Å². The van der Waals surface area contributed by atoms with Crippen molar-refractivity contribution in [1.29, 1.82) is 0 Å². The second kappa shape index (κ2) is 7.82. The third kappa shape index (κ3) is 3.98. The number of hydrogen-bond donors (Lipinski definition) is 2. The van der Waals surface area contributed by atoms with Gasteiger partial charge in [-0.05, 0) is 80.4 Å². The van der Waals surface area contributed by atoms with Crippen molar-refractivity contribution >= 4 is 29.1 Å². The Balaban J connectivity index is 1.46. The van der Waals surface area contributed by atoms with Gasteiger partial charge in [0, 0.05) is 11.1 Å². The number of amides is 2. The van der Waals surface area contributed by atoms with Crippen molar-refractivity contribution in [3.05, 3.63) is 23.2 Å². The summed E-state index contributed by atoms with van der Waals surface area (Å²) in [6.45, 7) is 3.93. The number of hydrogen-bond acceptors (Lipinski definition) is 3. The molecule has 4 aliphatic carbocycles. The molecule has 6 heteroatoms. The van der Waals surface area contributed by atoms with Gasteiger partial charge in [0.15, 0.2) is 0 Å². The SMILES string of the molecule is COc1ccc(NC(=O)C(NC(=O)C23CC4CC(CC(C4)C2)C3)C(C)C)cc1Cl. The molecule has 2 amide bonds. The molecule has 0 radical (unpaired) electrons.